The van der Waals surface area contributed by atoms with Crippen LogP contribution in [-0.2, 0) is 27.5 Å². The van der Waals surface area contributed by atoms with Gasteiger partial charge in [0, 0.05) is 32.0 Å². The summed E-state index contributed by atoms with van der Waals surface area (Å²) in [5.41, 5.74) is 4.20. The summed E-state index contributed by atoms with van der Waals surface area (Å²) in [6, 6.07) is 13.0. The van der Waals surface area contributed by atoms with E-state index in [0.29, 0.717) is 62.6 Å². The van der Waals surface area contributed by atoms with E-state index in [-0.39, 0.29) is 18.2 Å². The number of amides is 3. The molecule has 0 radical (unpaired) electrons. The second-order valence-electron chi connectivity index (χ2n) is 8.82. The molecule has 3 amide bonds. The number of fused-ring (bicyclic) bond motifs is 2. The van der Waals surface area contributed by atoms with Crippen LogP contribution in [0.25, 0.3) is 0 Å². The summed E-state index contributed by atoms with van der Waals surface area (Å²) in [5, 5.41) is 8.65. The van der Waals surface area contributed by atoms with Crippen LogP contribution in [0.5, 0.6) is 11.5 Å². The molecule has 1 saturated heterocycles. The van der Waals surface area contributed by atoms with Crippen LogP contribution in [0.15, 0.2) is 42.5 Å². The van der Waals surface area contributed by atoms with Gasteiger partial charge in [-0.1, -0.05) is 36.8 Å². The number of nitrogens with zero attached hydrogens (tertiary/aromatic N) is 2. The first kappa shape index (κ1) is 24.5. The van der Waals surface area contributed by atoms with Gasteiger partial charge in [0.15, 0.2) is 11.5 Å². The number of rotatable bonds is 10. The maximum Gasteiger partial charge on any atom is 0.249 e. The Balaban J connectivity index is 1.58. The Kier molecular flexibility index (Phi) is 7.87. The van der Waals surface area contributed by atoms with E-state index in [1.54, 1.807) is 22.4 Å². The summed E-state index contributed by atoms with van der Waals surface area (Å²) in [6.07, 6.45) is 3.10. The van der Waals surface area contributed by atoms with Gasteiger partial charge in [-0.3, -0.25) is 19.6 Å². The van der Waals surface area contributed by atoms with Gasteiger partial charge in [0.1, 0.15) is 12.6 Å². The first-order valence-electron chi connectivity index (χ1n) is 11.9. The van der Waals surface area contributed by atoms with Crippen molar-refractivity contribution in [1.29, 1.82) is 0 Å². The first-order chi connectivity index (χ1) is 17.0. The summed E-state index contributed by atoms with van der Waals surface area (Å²) in [4.78, 5) is 40.7. The molecule has 2 aromatic carbocycles. The fourth-order valence-corrected chi connectivity index (χ4v) is 4.67. The number of carbonyl (C=O) groups is 3. The molecule has 0 unspecified atom stereocenters. The molecule has 2 aliphatic heterocycles. The molecule has 4 rings (SSSR count). The van der Waals surface area contributed by atoms with Gasteiger partial charge >= 0.3 is 0 Å². The third kappa shape index (κ3) is 5.57. The van der Waals surface area contributed by atoms with Crippen LogP contribution in [-0.4, -0.2) is 47.5 Å². The number of hydrogen-bond acceptors (Lipinski definition) is 6. The van der Waals surface area contributed by atoms with E-state index in [4.69, 9.17) is 14.7 Å². The molecule has 2 aromatic rings. The molecule has 35 heavy (non-hydrogen) atoms. The van der Waals surface area contributed by atoms with Gasteiger partial charge in [0.2, 0.25) is 17.7 Å². The van der Waals surface area contributed by atoms with Crippen molar-refractivity contribution in [2.45, 2.75) is 57.7 Å². The number of hydroxylamine groups is 1. The Morgan fingerprint density at radius 3 is 2.66 bits per heavy atom. The number of nitrogens with one attached hydrogen (secondary N) is 1. The molecule has 2 heterocycles. The Labute approximate surface area is 204 Å². The standard InChI is InChI=1S/C26H31N3O6/c1-34-22-15-21-19(14-23(22)35-17-18-8-4-2-5-9-18)16-29-20(11-12-25(29)31)26(32)28(21)13-7-3-6-10-24(30)27-33/h2,4-5,8-9,14-15,20,33H,3,6-7,10-13,16-17H2,1H3,(H,27,30)/t20-/m0/s1. The first-order valence-corrected chi connectivity index (χ1v) is 11.9. The highest BCUT2D eigenvalue weighted by Gasteiger charge is 2.42. The molecule has 9 heteroatoms. The largest absolute Gasteiger partial charge is 0.493 e. The van der Waals surface area contributed by atoms with Crippen LogP contribution in [0, 0.1) is 0 Å². The number of ether oxygens (including phenoxy) is 2. The van der Waals surface area contributed by atoms with Crippen molar-refractivity contribution in [2.75, 3.05) is 18.6 Å². The number of hydrogen-bond donors (Lipinski definition) is 2. The second-order valence-corrected chi connectivity index (χ2v) is 8.82. The van der Waals surface area contributed by atoms with Gasteiger partial charge in [-0.25, -0.2) is 5.48 Å². The van der Waals surface area contributed by atoms with Crippen LogP contribution in [0.3, 0.4) is 0 Å². The molecule has 1 atom stereocenters. The van der Waals surface area contributed by atoms with Gasteiger partial charge in [0.25, 0.3) is 0 Å². The monoisotopic (exact) mass is 481 g/mol. The molecular formula is C26H31N3O6. The smallest absolute Gasteiger partial charge is 0.249 e. The molecule has 0 aliphatic carbocycles. The van der Waals surface area contributed by atoms with Crippen LogP contribution >= 0.6 is 0 Å². The van der Waals surface area contributed by atoms with Crippen molar-refractivity contribution in [3.05, 3.63) is 53.6 Å². The molecular weight excluding hydrogens is 450 g/mol. The zero-order valence-corrected chi connectivity index (χ0v) is 19.9. The number of unbranched alkanes of at least 4 members (excludes halogenated alkanes) is 2. The van der Waals surface area contributed by atoms with E-state index in [1.165, 1.54) is 0 Å². The average molecular weight is 482 g/mol. The summed E-state index contributed by atoms with van der Waals surface area (Å²) in [5.74, 6) is 0.540. The van der Waals surface area contributed by atoms with Gasteiger partial charge in [-0.15, -0.1) is 0 Å². The normalized spacial score (nSPS) is 17.0. The van der Waals surface area contributed by atoms with E-state index in [1.807, 2.05) is 42.5 Å². The van der Waals surface area contributed by atoms with Gasteiger partial charge in [0.05, 0.1) is 12.8 Å². The van der Waals surface area contributed by atoms with E-state index in [2.05, 4.69) is 0 Å². The fourth-order valence-electron chi connectivity index (χ4n) is 4.67. The van der Waals surface area contributed by atoms with E-state index in [0.717, 1.165) is 17.5 Å². The van der Waals surface area contributed by atoms with E-state index < -0.39 is 11.9 Å². The number of benzene rings is 2. The van der Waals surface area contributed by atoms with Crippen molar-refractivity contribution < 1.29 is 29.1 Å². The lowest BCUT2D eigenvalue weighted by Crippen LogP contribution is -2.44. The maximum absolute atomic E-state index is 13.5. The Morgan fingerprint density at radius 1 is 1.11 bits per heavy atom. The summed E-state index contributed by atoms with van der Waals surface area (Å²) in [7, 11) is 1.56. The highest BCUT2D eigenvalue weighted by atomic mass is 16.5. The van der Waals surface area contributed by atoms with Crippen LogP contribution in [0.2, 0.25) is 0 Å². The number of methoxy groups -OCH3 is 1. The molecule has 0 spiro atoms. The molecule has 2 N–H and O–H groups in total. The topological polar surface area (TPSA) is 108 Å². The zero-order chi connectivity index (χ0) is 24.8. The SMILES string of the molecule is COc1cc2c(cc1OCc1ccccc1)CN1C(=O)CC[C@H]1C(=O)N2CCCCCC(=O)NO. The fraction of sp³-hybridized carbons (Fsp3) is 0.423. The van der Waals surface area contributed by atoms with Crippen molar-refractivity contribution >= 4 is 23.4 Å². The molecule has 0 aromatic heterocycles. The number of carbonyl (C=O) groups excluding carboxylic acids is 3. The minimum atomic E-state index is -0.477. The lowest BCUT2D eigenvalue weighted by Gasteiger charge is -2.26. The minimum absolute atomic E-state index is 0.0197. The quantitative estimate of drug-likeness (QED) is 0.307. The molecule has 9 nitrogen and oxygen atoms in total. The van der Waals surface area contributed by atoms with Crippen molar-refractivity contribution in [2.24, 2.45) is 0 Å². The van der Waals surface area contributed by atoms with Crippen molar-refractivity contribution in [1.82, 2.24) is 10.4 Å². The highest BCUT2D eigenvalue weighted by Crippen LogP contribution is 2.40. The Bertz CT molecular complexity index is 1070. The molecule has 0 bridgehead atoms. The Morgan fingerprint density at radius 2 is 1.91 bits per heavy atom. The van der Waals surface area contributed by atoms with Crippen LogP contribution in [0.1, 0.15) is 49.7 Å². The molecule has 1 fully saturated rings. The Hall–Kier alpha value is -3.59. The van der Waals surface area contributed by atoms with Gasteiger partial charge in [-0.2, -0.15) is 0 Å². The molecule has 186 valence electrons. The van der Waals surface area contributed by atoms with Crippen LogP contribution < -0.4 is 19.9 Å². The third-order valence-electron chi connectivity index (χ3n) is 6.52. The van der Waals surface area contributed by atoms with Crippen molar-refractivity contribution in [3.8, 4) is 11.5 Å². The van der Waals surface area contributed by atoms with Gasteiger partial charge in [-0.05, 0) is 36.5 Å². The lowest BCUT2D eigenvalue weighted by atomic mass is 10.1. The lowest BCUT2D eigenvalue weighted by molar-refractivity contribution is -0.134. The summed E-state index contributed by atoms with van der Waals surface area (Å²) < 4.78 is 11.7. The minimum Gasteiger partial charge on any atom is -0.493 e. The average Bonchev–Trinajstić information content (AvgIpc) is 3.19. The summed E-state index contributed by atoms with van der Waals surface area (Å²) >= 11 is 0. The predicted octanol–water partition coefficient (Wildman–Crippen LogP) is 3.18. The van der Waals surface area contributed by atoms with E-state index in [9.17, 15) is 14.4 Å². The van der Waals surface area contributed by atoms with E-state index >= 15 is 0 Å². The highest BCUT2D eigenvalue weighted by molar-refractivity contribution is 6.02. The van der Waals surface area contributed by atoms with Crippen LogP contribution in [0.4, 0.5) is 5.69 Å². The predicted molar refractivity (Wildman–Crippen MR) is 128 cm³/mol. The third-order valence-corrected chi connectivity index (χ3v) is 6.52. The number of anilines is 1. The zero-order valence-electron chi connectivity index (χ0n) is 19.9. The molecule has 0 saturated carbocycles. The van der Waals surface area contributed by atoms with Crippen molar-refractivity contribution in [3.63, 3.8) is 0 Å². The summed E-state index contributed by atoms with van der Waals surface area (Å²) in [6.45, 7) is 1.16. The maximum atomic E-state index is 13.5. The second kappa shape index (κ2) is 11.2. The van der Waals surface area contributed by atoms with Gasteiger partial charge < -0.3 is 19.3 Å². The molecule has 2 aliphatic rings.